The van der Waals surface area contributed by atoms with Gasteiger partial charge in [0.25, 0.3) is 0 Å². The minimum atomic E-state index is -0.620. The van der Waals surface area contributed by atoms with Crippen LogP contribution in [0, 0.1) is 5.92 Å². The highest BCUT2D eigenvalue weighted by Gasteiger charge is 2.24. The molecule has 1 aliphatic carbocycles. The van der Waals surface area contributed by atoms with E-state index in [1.54, 1.807) is 6.07 Å². The molecule has 1 aromatic carbocycles. The van der Waals surface area contributed by atoms with Crippen molar-refractivity contribution in [2.45, 2.75) is 45.1 Å². The third-order valence-electron chi connectivity index (χ3n) is 4.29. The van der Waals surface area contributed by atoms with Gasteiger partial charge in [-0.25, -0.2) is 0 Å². The van der Waals surface area contributed by atoms with Crippen LogP contribution in [0.25, 0.3) is 0 Å². The van der Waals surface area contributed by atoms with Crippen LogP contribution in [0.15, 0.2) is 24.3 Å². The fourth-order valence-corrected chi connectivity index (χ4v) is 2.87. The Labute approximate surface area is 131 Å². The summed E-state index contributed by atoms with van der Waals surface area (Å²) >= 11 is 0. The smallest absolute Gasteiger partial charge is 0.313 e. The monoisotopic (exact) mass is 304 g/mol. The first kappa shape index (κ1) is 16.5. The second kappa shape index (κ2) is 7.94. The van der Waals surface area contributed by atoms with Crippen LogP contribution in [-0.2, 0) is 16.0 Å². The number of para-hydroxylation sites is 1. The molecular weight excluding hydrogens is 280 g/mol. The number of rotatable bonds is 4. The Morgan fingerprint density at radius 3 is 2.45 bits per heavy atom. The van der Waals surface area contributed by atoms with Crippen molar-refractivity contribution in [2.24, 2.45) is 5.92 Å². The maximum atomic E-state index is 12.0. The minimum absolute atomic E-state index is 0.0301. The van der Waals surface area contributed by atoms with Gasteiger partial charge in [-0.3, -0.25) is 9.59 Å². The lowest BCUT2D eigenvalue weighted by molar-refractivity contribution is -0.136. The lowest BCUT2D eigenvalue weighted by atomic mass is 9.86. The topological polar surface area (TPSA) is 78.4 Å². The van der Waals surface area contributed by atoms with E-state index < -0.39 is 11.8 Å². The second-order valence-electron chi connectivity index (χ2n) is 5.84. The molecule has 2 rings (SSSR count). The second-order valence-corrected chi connectivity index (χ2v) is 5.84. The Bertz CT molecular complexity index is 522. The molecule has 22 heavy (non-hydrogen) atoms. The predicted molar refractivity (Wildman–Crippen MR) is 85.4 cm³/mol. The number of amides is 2. The third kappa shape index (κ3) is 4.31. The quantitative estimate of drug-likeness (QED) is 0.743. The SMILES string of the molecule is CCc1ccccc1NC(=O)C(=O)NC1CCC(CO)CC1. The van der Waals surface area contributed by atoms with Crippen molar-refractivity contribution in [3.05, 3.63) is 29.8 Å². The van der Waals surface area contributed by atoms with Gasteiger partial charge in [0.05, 0.1) is 0 Å². The van der Waals surface area contributed by atoms with Crippen molar-refractivity contribution in [2.75, 3.05) is 11.9 Å². The number of carbonyl (C=O) groups is 2. The van der Waals surface area contributed by atoms with Crippen LogP contribution >= 0.6 is 0 Å². The number of hydrogen-bond acceptors (Lipinski definition) is 3. The predicted octanol–water partition coefficient (Wildman–Crippen LogP) is 1.85. The summed E-state index contributed by atoms with van der Waals surface area (Å²) in [6.07, 6.45) is 4.21. The van der Waals surface area contributed by atoms with E-state index in [9.17, 15) is 9.59 Å². The lowest BCUT2D eigenvalue weighted by Crippen LogP contribution is -2.43. The average molecular weight is 304 g/mol. The van der Waals surface area contributed by atoms with Crippen LogP contribution in [0.2, 0.25) is 0 Å². The van der Waals surface area contributed by atoms with Crippen molar-refractivity contribution in [3.8, 4) is 0 Å². The molecule has 1 aromatic rings. The summed E-state index contributed by atoms with van der Waals surface area (Å²) in [5, 5.41) is 14.6. The van der Waals surface area contributed by atoms with Crippen LogP contribution in [0.3, 0.4) is 0 Å². The van der Waals surface area contributed by atoms with Crippen LogP contribution in [0.4, 0.5) is 5.69 Å². The van der Waals surface area contributed by atoms with Gasteiger partial charge in [0.2, 0.25) is 0 Å². The lowest BCUT2D eigenvalue weighted by Gasteiger charge is -2.27. The van der Waals surface area contributed by atoms with E-state index in [-0.39, 0.29) is 12.6 Å². The molecule has 0 spiro atoms. The van der Waals surface area contributed by atoms with Gasteiger partial charge in [-0.1, -0.05) is 25.1 Å². The number of aliphatic hydroxyl groups excluding tert-OH is 1. The summed E-state index contributed by atoms with van der Waals surface area (Å²) in [4.78, 5) is 24.0. The van der Waals surface area contributed by atoms with E-state index in [1.807, 2.05) is 25.1 Å². The zero-order valence-electron chi connectivity index (χ0n) is 13.0. The molecule has 0 heterocycles. The molecule has 0 atom stereocenters. The van der Waals surface area contributed by atoms with Crippen molar-refractivity contribution in [3.63, 3.8) is 0 Å². The van der Waals surface area contributed by atoms with Gasteiger partial charge in [0, 0.05) is 18.3 Å². The van der Waals surface area contributed by atoms with Gasteiger partial charge in [0.1, 0.15) is 0 Å². The van der Waals surface area contributed by atoms with Gasteiger partial charge in [-0.15, -0.1) is 0 Å². The fourth-order valence-electron chi connectivity index (χ4n) is 2.87. The van der Waals surface area contributed by atoms with E-state index in [2.05, 4.69) is 10.6 Å². The number of hydrogen-bond donors (Lipinski definition) is 3. The highest BCUT2D eigenvalue weighted by molar-refractivity contribution is 6.39. The van der Waals surface area contributed by atoms with Crippen molar-refractivity contribution in [1.82, 2.24) is 5.32 Å². The Balaban J connectivity index is 1.86. The van der Waals surface area contributed by atoms with Gasteiger partial charge in [-0.2, -0.15) is 0 Å². The molecule has 1 fully saturated rings. The molecule has 120 valence electrons. The fraction of sp³-hybridized carbons (Fsp3) is 0.529. The molecule has 0 saturated heterocycles. The number of aliphatic hydroxyl groups is 1. The number of aryl methyl sites for hydroxylation is 1. The Morgan fingerprint density at radius 1 is 1.14 bits per heavy atom. The summed E-state index contributed by atoms with van der Waals surface area (Å²) in [5.41, 5.74) is 1.70. The molecule has 5 heteroatoms. The summed E-state index contributed by atoms with van der Waals surface area (Å²) in [6, 6.07) is 7.51. The van der Waals surface area contributed by atoms with E-state index in [4.69, 9.17) is 5.11 Å². The summed E-state index contributed by atoms with van der Waals surface area (Å²) in [5.74, 6) is -0.873. The van der Waals surface area contributed by atoms with E-state index >= 15 is 0 Å². The third-order valence-corrected chi connectivity index (χ3v) is 4.29. The van der Waals surface area contributed by atoms with Gasteiger partial charge < -0.3 is 15.7 Å². The first-order chi connectivity index (χ1) is 10.6. The van der Waals surface area contributed by atoms with Crippen LogP contribution < -0.4 is 10.6 Å². The van der Waals surface area contributed by atoms with Crippen LogP contribution in [0.5, 0.6) is 0 Å². The summed E-state index contributed by atoms with van der Waals surface area (Å²) in [7, 11) is 0. The largest absolute Gasteiger partial charge is 0.396 e. The van der Waals surface area contributed by atoms with Gasteiger partial charge >= 0.3 is 11.8 Å². The average Bonchev–Trinajstić information content (AvgIpc) is 2.56. The molecule has 0 aliphatic heterocycles. The summed E-state index contributed by atoms with van der Waals surface area (Å²) < 4.78 is 0. The molecular formula is C17H24N2O3. The first-order valence-corrected chi connectivity index (χ1v) is 7.94. The number of nitrogens with one attached hydrogen (secondary N) is 2. The minimum Gasteiger partial charge on any atom is -0.396 e. The Kier molecular flexibility index (Phi) is 5.95. The van der Waals surface area contributed by atoms with Gasteiger partial charge in [0.15, 0.2) is 0 Å². The van der Waals surface area contributed by atoms with Crippen LogP contribution in [0.1, 0.15) is 38.2 Å². The normalized spacial score (nSPS) is 21.2. The molecule has 5 nitrogen and oxygen atoms in total. The molecule has 3 N–H and O–H groups in total. The molecule has 2 amide bonds. The molecule has 1 aliphatic rings. The van der Waals surface area contributed by atoms with Crippen molar-refractivity contribution < 1.29 is 14.7 Å². The zero-order valence-corrected chi connectivity index (χ0v) is 13.0. The van der Waals surface area contributed by atoms with E-state index in [0.29, 0.717) is 11.6 Å². The highest BCUT2D eigenvalue weighted by atomic mass is 16.3. The Morgan fingerprint density at radius 2 is 1.82 bits per heavy atom. The summed E-state index contributed by atoms with van der Waals surface area (Å²) in [6.45, 7) is 2.21. The van der Waals surface area contributed by atoms with Crippen LogP contribution in [-0.4, -0.2) is 29.6 Å². The number of anilines is 1. The zero-order chi connectivity index (χ0) is 15.9. The molecule has 0 aromatic heterocycles. The number of carbonyl (C=O) groups excluding carboxylic acids is 2. The van der Waals surface area contributed by atoms with E-state index in [1.165, 1.54) is 0 Å². The maximum absolute atomic E-state index is 12.0. The highest BCUT2D eigenvalue weighted by Crippen LogP contribution is 2.23. The standard InChI is InChI=1S/C17H24N2O3/c1-2-13-5-3-4-6-15(13)19-17(22)16(21)18-14-9-7-12(11-20)8-10-14/h3-6,12,14,20H,2,7-11H2,1H3,(H,18,21)(H,19,22). The van der Waals surface area contributed by atoms with Crippen molar-refractivity contribution >= 4 is 17.5 Å². The maximum Gasteiger partial charge on any atom is 0.313 e. The molecule has 0 unspecified atom stereocenters. The van der Waals surface area contributed by atoms with E-state index in [0.717, 1.165) is 37.7 Å². The molecule has 0 radical (unpaired) electrons. The molecule has 1 saturated carbocycles. The first-order valence-electron chi connectivity index (χ1n) is 7.94. The van der Waals surface area contributed by atoms with Gasteiger partial charge in [-0.05, 0) is 49.7 Å². The number of benzene rings is 1. The Hall–Kier alpha value is -1.88. The molecule has 0 bridgehead atoms. The van der Waals surface area contributed by atoms with Crippen molar-refractivity contribution in [1.29, 1.82) is 0 Å².